The van der Waals surface area contributed by atoms with Crippen molar-refractivity contribution in [2.24, 2.45) is 0 Å². The molecule has 0 unspecified atom stereocenters. The average Bonchev–Trinajstić information content (AvgIpc) is 3.43. The van der Waals surface area contributed by atoms with Gasteiger partial charge in [0.15, 0.2) is 11.5 Å². The van der Waals surface area contributed by atoms with Crippen molar-refractivity contribution in [3.8, 4) is 21.9 Å². The van der Waals surface area contributed by atoms with Crippen LogP contribution in [0.2, 0.25) is 0 Å². The zero-order chi connectivity index (χ0) is 20.5. The van der Waals surface area contributed by atoms with Gasteiger partial charge in [0, 0.05) is 29.1 Å². The fourth-order valence-electron chi connectivity index (χ4n) is 3.09. The van der Waals surface area contributed by atoms with Crippen LogP contribution in [0.1, 0.15) is 16.1 Å². The van der Waals surface area contributed by atoms with E-state index < -0.39 is 0 Å². The number of carbonyl (C=O) groups excluding carboxylic acids is 1. The summed E-state index contributed by atoms with van der Waals surface area (Å²) < 4.78 is 5.34. The summed E-state index contributed by atoms with van der Waals surface area (Å²) in [5.74, 6) is 0.223. The van der Waals surface area contributed by atoms with Crippen molar-refractivity contribution in [2.75, 3.05) is 5.32 Å². The van der Waals surface area contributed by atoms with Gasteiger partial charge in [-0.2, -0.15) is 0 Å². The first-order valence-corrected chi connectivity index (χ1v) is 10.1. The number of aromatic nitrogens is 3. The maximum absolute atomic E-state index is 12.7. The van der Waals surface area contributed by atoms with Gasteiger partial charge in [-0.1, -0.05) is 59.0 Å². The summed E-state index contributed by atoms with van der Waals surface area (Å²) in [6, 6.07) is 20.9. The number of rotatable bonds is 4. The number of benzene rings is 2. The monoisotopic (exact) mass is 412 g/mol. The molecule has 146 valence electrons. The van der Waals surface area contributed by atoms with Crippen LogP contribution in [0.3, 0.4) is 0 Å². The Kier molecular flexibility index (Phi) is 4.57. The highest BCUT2D eigenvalue weighted by Crippen LogP contribution is 2.31. The lowest BCUT2D eigenvalue weighted by atomic mass is 10.1. The number of hydrogen-bond acceptors (Lipinski definition) is 6. The quantitative estimate of drug-likeness (QED) is 0.417. The highest BCUT2D eigenvalue weighted by Gasteiger charge is 2.16. The number of nitrogens with zero attached hydrogens (tertiary/aromatic N) is 3. The van der Waals surface area contributed by atoms with Crippen LogP contribution in [-0.4, -0.2) is 21.0 Å². The molecule has 0 aliphatic carbocycles. The van der Waals surface area contributed by atoms with Gasteiger partial charge in [-0.3, -0.25) is 4.79 Å². The van der Waals surface area contributed by atoms with E-state index in [9.17, 15) is 4.79 Å². The molecule has 0 atom stereocenters. The summed E-state index contributed by atoms with van der Waals surface area (Å²) in [5, 5.41) is 7.71. The van der Waals surface area contributed by atoms with Gasteiger partial charge in [-0.05, 0) is 30.7 Å². The highest BCUT2D eigenvalue weighted by atomic mass is 32.1. The van der Waals surface area contributed by atoms with E-state index in [0.717, 1.165) is 32.0 Å². The molecule has 0 bridgehead atoms. The lowest BCUT2D eigenvalue weighted by molar-refractivity contribution is 0.101. The van der Waals surface area contributed by atoms with E-state index in [1.54, 1.807) is 12.3 Å². The van der Waals surface area contributed by atoms with Crippen molar-refractivity contribution < 1.29 is 9.32 Å². The molecule has 0 saturated heterocycles. The van der Waals surface area contributed by atoms with Crippen LogP contribution in [0.4, 0.5) is 5.69 Å². The van der Waals surface area contributed by atoms with Crippen molar-refractivity contribution in [1.29, 1.82) is 0 Å². The van der Waals surface area contributed by atoms with Gasteiger partial charge in [0.05, 0.1) is 0 Å². The molecule has 0 aliphatic rings. The number of hydrogen-bond donors (Lipinski definition) is 1. The second-order valence-corrected chi connectivity index (χ2v) is 7.75. The normalized spacial score (nSPS) is 11.0. The third-order valence-corrected chi connectivity index (χ3v) is 5.73. The zero-order valence-corrected chi connectivity index (χ0v) is 16.8. The molecule has 0 saturated carbocycles. The molecule has 2 aromatic carbocycles. The minimum absolute atomic E-state index is 0.225. The minimum atomic E-state index is -0.327. The molecule has 0 fully saturated rings. The Hall–Kier alpha value is -3.84. The first kappa shape index (κ1) is 18.2. The summed E-state index contributed by atoms with van der Waals surface area (Å²) >= 11 is 1.52. The fourth-order valence-corrected chi connectivity index (χ4v) is 3.99. The number of pyridine rings is 1. The molecule has 7 heteroatoms. The molecular weight excluding hydrogens is 396 g/mol. The van der Waals surface area contributed by atoms with Gasteiger partial charge < -0.3 is 9.84 Å². The summed E-state index contributed by atoms with van der Waals surface area (Å²) in [5.41, 5.74) is 4.52. The van der Waals surface area contributed by atoms with E-state index >= 15 is 0 Å². The predicted molar refractivity (Wildman–Crippen MR) is 117 cm³/mol. The van der Waals surface area contributed by atoms with E-state index in [4.69, 9.17) is 4.52 Å². The van der Waals surface area contributed by atoms with Gasteiger partial charge in [0.1, 0.15) is 15.4 Å². The second kappa shape index (κ2) is 7.53. The Balaban J connectivity index is 1.41. The smallest absolute Gasteiger partial charge is 0.277 e. The molecule has 1 amide bonds. The Bertz CT molecular complexity index is 1330. The van der Waals surface area contributed by atoms with Gasteiger partial charge in [-0.15, -0.1) is 0 Å². The lowest BCUT2D eigenvalue weighted by Crippen LogP contribution is -2.13. The van der Waals surface area contributed by atoms with Crippen molar-refractivity contribution >= 4 is 33.3 Å². The molecule has 6 nitrogen and oxygen atoms in total. The highest BCUT2D eigenvalue weighted by molar-refractivity contribution is 7.21. The maximum atomic E-state index is 12.7. The van der Waals surface area contributed by atoms with Crippen molar-refractivity contribution in [3.05, 3.63) is 84.2 Å². The zero-order valence-electron chi connectivity index (χ0n) is 16.0. The molecule has 0 spiro atoms. The molecule has 5 rings (SSSR count). The standard InChI is InChI=1S/C23H16N4O2S/c1-14-9-10-16(22-26-17-8-5-11-24-23(17)30-22)12-18(14)25-21(28)19-13-20(29-27-19)15-6-3-2-4-7-15/h2-13H,1H3,(H,25,28). The van der Waals surface area contributed by atoms with Gasteiger partial charge in [0.2, 0.25) is 0 Å². The molecule has 3 aromatic heterocycles. The van der Waals surface area contributed by atoms with Gasteiger partial charge >= 0.3 is 0 Å². The molecule has 0 radical (unpaired) electrons. The van der Waals surface area contributed by atoms with Crippen LogP contribution in [0.15, 0.2) is 77.4 Å². The fraction of sp³-hybridized carbons (Fsp3) is 0.0435. The lowest BCUT2D eigenvalue weighted by Gasteiger charge is -2.08. The van der Waals surface area contributed by atoms with Crippen LogP contribution in [0.25, 0.3) is 32.2 Å². The largest absolute Gasteiger partial charge is 0.355 e. The third kappa shape index (κ3) is 3.46. The van der Waals surface area contributed by atoms with Crippen LogP contribution < -0.4 is 5.32 Å². The second-order valence-electron chi connectivity index (χ2n) is 6.77. The van der Waals surface area contributed by atoms with Crippen molar-refractivity contribution in [3.63, 3.8) is 0 Å². The molecule has 30 heavy (non-hydrogen) atoms. The predicted octanol–water partition coefficient (Wildman–Crippen LogP) is 5.57. The summed E-state index contributed by atoms with van der Waals surface area (Å²) in [7, 11) is 0. The Labute approximate surface area is 176 Å². The van der Waals surface area contributed by atoms with Crippen LogP contribution in [-0.2, 0) is 0 Å². The number of fused-ring (bicyclic) bond motifs is 1. The first-order valence-electron chi connectivity index (χ1n) is 9.33. The number of thiazole rings is 1. The van der Waals surface area contributed by atoms with Crippen LogP contribution >= 0.6 is 11.3 Å². The topological polar surface area (TPSA) is 80.9 Å². The van der Waals surface area contributed by atoms with Gasteiger partial charge in [-0.25, -0.2) is 9.97 Å². The number of aryl methyl sites for hydroxylation is 1. The minimum Gasteiger partial charge on any atom is -0.355 e. The van der Waals surface area contributed by atoms with E-state index in [2.05, 4.69) is 20.4 Å². The Morgan fingerprint density at radius 3 is 2.70 bits per heavy atom. The third-order valence-electron chi connectivity index (χ3n) is 4.70. The van der Waals surface area contributed by atoms with Crippen LogP contribution in [0, 0.1) is 6.92 Å². The Morgan fingerprint density at radius 1 is 1.00 bits per heavy atom. The van der Waals surface area contributed by atoms with Crippen molar-refractivity contribution in [2.45, 2.75) is 6.92 Å². The number of carbonyl (C=O) groups is 1. The van der Waals surface area contributed by atoms with E-state index in [0.29, 0.717) is 11.4 Å². The number of amides is 1. The van der Waals surface area contributed by atoms with E-state index in [-0.39, 0.29) is 11.6 Å². The maximum Gasteiger partial charge on any atom is 0.277 e. The first-order chi connectivity index (χ1) is 14.7. The SMILES string of the molecule is Cc1ccc(-c2nc3cccnc3s2)cc1NC(=O)c1cc(-c2ccccc2)on1. The molecule has 5 aromatic rings. The number of nitrogens with one attached hydrogen (secondary N) is 1. The van der Waals surface area contributed by atoms with E-state index in [1.165, 1.54) is 11.3 Å². The van der Waals surface area contributed by atoms with Gasteiger partial charge in [0.25, 0.3) is 5.91 Å². The Morgan fingerprint density at radius 2 is 1.87 bits per heavy atom. The van der Waals surface area contributed by atoms with Crippen LogP contribution in [0.5, 0.6) is 0 Å². The molecule has 3 heterocycles. The average molecular weight is 412 g/mol. The molecular formula is C23H16N4O2S. The van der Waals surface area contributed by atoms with E-state index in [1.807, 2.05) is 67.6 Å². The molecule has 1 N–H and O–H groups in total. The summed E-state index contributed by atoms with van der Waals surface area (Å²) in [6.07, 6.45) is 1.76. The molecule has 0 aliphatic heterocycles. The van der Waals surface area contributed by atoms with Crippen molar-refractivity contribution in [1.82, 2.24) is 15.1 Å². The summed E-state index contributed by atoms with van der Waals surface area (Å²) in [4.78, 5) is 22.6. The number of anilines is 1. The summed E-state index contributed by atoms with van der Waals surface area (Å²) in [6.45, 7) is 1.94.